The molecule has 0 aromatic carbocycles. The Hall–Kier alpha value is -0.670. The van der Waals surface area contributed by atoms with Gasteiger partial charge in [-0.05, 0) is 24.1 Å². The molecular weight excluding hydrogens is 180 g/mol. The van der Waals surface area contributed by atoms with Crippen LogP contribution in [0.2, 0.25) is 5.02 Å². The fourth-order valence-corrected chi connectivity index (χ4v) is 1.75. The van der Waals surface area contributed by atoms with E-state index in [1.807, 2.05) is 18.3 Å². The van der Waals surface area contributed by atoms with Crippen molar-refractivity contribution in [3.05, 3.63) is 29.2 Å². The third kappa shape index (κ3) is 1.34. The van der Waals surface area contributed by atoms with Crippen LogP contribution in [0, 0.1) is 0 Å². The van der Waals surface area contributed by atoms with Crippen LogP contribution in [0.5, 0.6) is 0 Å². The highest BCUT2D eigenvalue weighted by Crippen LogP contribution is 2.25. The predicted octanol–water partition coefficient (Wildman–Crippen LogP) is 2.32. The fraction of sp³-hybridized carbons (Fsp3) is 0. The molecule has 0 saturated carbocycles. The minimum absolute atomic E-state index is 0.674. The second-order valence-electron chi connectivity index (χ2n) is 2.09. The molecule has 4 heteroatoms. The molecule has 0 saturated heterocycles. The van der Waals surface area contributed by atoms with Crippen molar-refractivity contribution in [1.82, 2.24) is 9.71 Å². The zero-order chi connectivity index (χ0) is 7.68. The second kappa shape index (κ2) is 2.75. The van der Waals surface area contributed by atoms with Crippen LogP contribution in [0.4, 0.5) is 0 Å². The van der Waals surface area contributed by atoms with Crippen LogP contribution in [-0.4, -0.2) is 4.98 Å². The third-order valence-corrected chi connectivity index (χ3v) is 2.33. The summed E-state index contributed by atoms with van der Waals surface area (Å²) in [6.45, 7) is 0. The topological polar surface area (TPSA) is 24.9 Å². The van der Waals surface area contributed by atoms with Gasteiger partial charge in [0.25, 0.3) is 0 Å². The first kappa shape index (κ1) is 7.00. The molecule has 0 unspecified atom stereocenters. The summed E-state index contributed by atoms with van der Waals surface area (Å²) in [5.41, 5.74) is 0.971. The number of fused-ring (bicyclic) bond motifs is 1. The van der Waals surface area contributed by atoms with Gasteiger partial charge >= 0.3 is 0 Å². The quantitative estimate of drug-likeness (QED) is 0.627. The molecule has 1 aliphatic heterocycles. The van der Waals surface area contributed by atoms with Crippen LogP contribution in [0.15, 0.2) is 23.4 Å². The molecule has 0 amide bonds. The van der Waals surface area contributed by atoms with E-state index in [2.05, 4.69) is 9.71 Å². The van der Waals surface area contributed by atoms with Crippen molar-refractivity contribution in [3.63, 3.8) is 0 Å². The minimum atomic E-state index is 0.674. The monoisotopic (exact) mass is 184 g/mol. The Bertz CT molecular complexity index is 311. The van der Waals surface area contributed by atoms with E-state index in [-0.39, 0.29) is 0 Å². The Balaban J connectivity index is 2.53. The van der Waals surface area contributed by atoms with Crippen LogP contribution >= 0.6 is 23.5 Å². The molecule has 0 radical (unpaired) electrons. The number of halogens is 1. The van der Waals surface area contributed by atoms with Crippen LogP contribution in [0.1, 0.15) is 5.69 Å². The van der Waals surface area contributed by atoms with Crippen molar-refractivity contribution in [2.24, 2.45) is 0 Å². The fourth-order valence-electron chi connectivity index (χ4n) is 0.849. The molecule has 0 spiro atoms. The van der Waals surface area contributed by atoms with Crippen molar-refractivity contribution in [1.29, 1.82) is 0 Å². The molecule has 0 aliphatic carbocycles. The number of pyridine rings is 1. The van der Waals surface area contributed by atoms with E-state index >= 15 is 0 Å². The van der Waals surface area contributed by atoms with Crippen LogP contribution < -0.4 is 4.72 Å². The van der Waals surface area contributed by atoms with E-state index in [4.69, 9.17) is 11.6 Å². The van der Waals surface area contributed by atoms with Crippen LogP contribution in [-0.2, 0) is 0 Å². The summed E-state index contributed by atoms with van der Waals surface area (Å²) >= 11 is 7.27. The molecule has 1 N–H and O–H groups in total. The molecule has 1 aromatic heterocycles. The van der Waals surface area contributed by atoms with Crippen molar-refractivity contribution < 1.29 is 0 Å². The first-order valence-electron chi connectivity index (χ1n) is 3.11. The van der Waals surface area contributed by atoms with Gasteiger partial charge in [0.1, 0.15) is 0 Å². The zero-order valence-electron chi connectivity index (χ0n) is 5.54. The molecule has 1 aliphatic rings. The maximum atomic E-state index is 5.75. The van der Waals surface area contributed by atoms with Gasteiger partial charge < -0.3 is 4.72 Å². The standard InChI is InChI=1S/C7H5ClN2S/c8-5-3-7-6(9-4-5)1-2-10-11-7/h1-4,10H. The number of nitrogens with zero attached hydrogens (tertiary/aromatic N) is 1. The predicted molar refractivity (Wildman–Crippen MR) is 47.3 cm³/mol. The van der Waals surface area contributed by atoms with Crippen molar-refractivity contribution in [3.8, 4) is 0 Å². The van der Waals surface area contributed by atoms with E-state index < -0.39 is 0 Å². The summed E-state index contributed by atoms with van der Waals surface area (Å²) in [5.74, 6) is 0. The van der Waals surface area contributed by atoms with Gasteiger partial charge in [-0.25, -0.2) is 0 Å². The number of rotatable bonds is 0. The smallest absolute Gasteiger partial charge is 0.0799 e. The maximum absolute atomic E-state index is 5.75. The summed E-state index contributed by atoms with van der Waals surface area (Å²) in [4.78, 5) is 5.21. The summed E-state index contributed by atoms with van der Waals surface area (Å²) in [7, 11) is 0. The van der Waals surface area contributed by atoms with E-state index in [1.165, 1.54) is 11.9 Å². The van der Waals surface area contributed by atoms with Crippen LogP contribution in [0.25, 0.3) is 6.08 Å². The van der Waals surface area contributed by atoms with Gasteiger partial charge in [0, 0.05) is 12.4 Å². The number of aromatic nitrogens is 1. The zero-order valence-corrected chi connectivity index (χ0v) is 7.12. The Morgan fingerprint density at radius 1 is 1.55 bits per heavy atom. The largest absolute Gasteiger partial charge is 0.332 e. The lowest BCUT2D eigenvalue weighted by Gasteiger charge is -2.08. The minimum Gasteiger partial charge on any atom is -0.332 e. The molecule has 0 bridgehead atoms. The van der Waals surface area contributed by atoms with Gasteiger partial charge in [-0.3, -0.25) is 4.98 Å². The SMILES string of the molecule is Clc1cnc2c(c1)SNC=C2. The molecule has 2 rings (SSSR count). The molecule has 1 aromatic rings. The molecular formula is C7H5ClN2S. The van der Waals surface area contributed by atoms with Gasteiger partial charge in [-0.15, -0.1) is 0 Å². The second-order valence-corrected chi connectivity index (χ2v) is 3.41. The summed E-state index contributed by atoms with van der Waals surface area (Å²) < 4.78 is 3.01. The molecule has 11 heavy (non-hydrogen) atoms. The summed E-state index contributed by atoms with van der Waals surface area (Å²) in [6.07, 6.45) is 5.42. The Labute approximate surface area is 73.8 Å². The Morgan fingerprint density at radius 2 is 2.45 bits per heavy atom. The van der Waals surface area contributed by atoms with Gasteiger partial charge in [0.15, 0.2) is 0 Å². The maximum Gasteiger partial charge on any atom is 0.0799 e. The van der Waals surface area contributed by atoms with Crippen molar-refractivity contribution in [2.75, 3.05) is 0 Å². The lowest BCUT2D eigenvalue weighted by atomic mass is 10.3. The highest BCUT2D eigenvalue weighted by molar-refractivity contribution is 7.97. The van der Waals surface area contributed by atoms with Gasteiger partial charge in [-0.2, -0.15) is 0 Å². The first-order chi connectivity index (χ1) is 5.36. The lowest BCUT2D eigenvalue weighted by Crippen LogP contribution is -1.99. The highest BCUT2D eigenvalue weighted by atomic mass is 35.5. The average Bonchev–Trinajstić information content (AvgIpc) is 2.04. The molecule has 0 atom stereocenters. The molecule has 0 fully saturated rings. The Morgan fingerprint density at radius 3 is 3.36 bits per heavy atom. The van der Waals surface area contributed by atoms with E-state index in [9.17, 15) is 0 Å². The number of nitrogens with one attached hydrogen (secondary N) is 1. The van der Waals surface area contributed by atoms with Crippen molar-refractivity contribution in [2.45, 2.75) is 4.90 Å². The van der Waals surface area contributed by atoms with Gasteiger partial charge in [0.2, 0.25) is 0 Å². The molecule has 56 valence electrons. The van der Waals surface area contributed by atoms with Gasteiger partial charge in [-0.1, -0.05) is 11.6 Å². The van der Waals surface area contributed by atoms with E-state index in [1.54, 1.807) is 6.20 Å². The van der Waals surface area contributed by atoms with Crippen LogP contribution in [0.3, 0.4) is 0 Å². The highest BCUT2D eigenvalue weighted by Gasteiger charge is 2.05. The lowest BCUT2D eigenvalue weighted by molar-refractivity contribution is 1.17. The molecule has 2 heterocycles. The Kier molecular flexibility index (Phi) is 1.75. The summed E-state index contributed by atoms with van der Waals surface area (Å²) in [6, 6.07) is 1.89. The van der Waals surface area contributed by atoms with Gasteiger partial charge in [0.05, 0.1) is 15.6 Å². The average molecular weight is 185 g/mol. The normalized spacial score (nSPS) is 13.9. The first-order valence-corrected chi connectivity index (χ1v) is 4.30. The number of hydrogen-bond donors (Lipinski definition) is 1. The van der Waals surface area contributed by atoms with Crippen molar-refractivity contribution >= 4 is 29.6 Å². The third-order valence-electron chi connectivity index (χ3n) is 1.33. The number of hydrogen-bond acceptors (Lipinski definition) is 3. The summed E-state index contributed by atoms with van der Waals surface area (Å²) in [5, 5.41) is 0.674. The van der Waals surface area contributed by atoms with E-state index in [0.717, 1.165) is 10.6 Å². The molecule has 2 nitrogen and oxygen atoms in total. The van der Waals surface area contributed by atoms with E-state index in [0.29, 0.717) is 5.02 Å².